The average Bonchev–Trinajstić information content (AvgIpc) is 2.45. The molecule has 0 radical (unpaired) electrons. The number of allylic oxidation sites excluding steroid dienone is 1. The summed E-state index contributed by atoms with van der Waals surface area (Å²) >= 11 is 17.9. The molecular weight excluding hydrogens is 331 g/mol. The number of rotatable bonds is 2. The number of Topliss-reactive ketones (excluding diaryl/α,β-unsaturated/α-hetero) is 1. The number of hydrogen-bond donors (Lipinski definition) is 0. The number of fused-ring (bicyclic) bond motifs is 1. The first-order valence-electron chi connectivity index (χ1n) is 6.20. The second kappa shape index (κ2) is 5.72. The third-order valence-electron chi connectivity index (χ3n) is 3.16. The van der Waals surface area contributed by atoms with Crippen molar-refractivity contribution < 1.29 is 9.53 Å². The average molecular weight is 340 g/mol. The topological polar surface area (TPSA) is 26.3 Å². The molecule has 2 nitrogen and oxygen atoms in total. The van der Waals surface area contributed by atoms with E-state index in [1.807, 2.05) is 24.3 Å². The van der Waals surface area contributed by atoms with Gasteiger partial charge in [0.05, 0.1) is 15.1 Å². The van der Waals surface area contributed by atoms with Crippen LogP contribution in [0.3, 0.4) is 0 Å². The molecule has 106 valence electrons. The fourth-order valence-corrected chi connectivity index (χ4v) is 2.68. The van der Waals surface area contributed by atoms with E-state index < -0.39 is 0 Å². The van der Waals surface area contributed by atoms with Gasteiger partial charge in [-0.25, -0.2) is 0 Å². The molecule has 0 saturated heterocycles. The largest absolute Gasteiger partial charge is 0.452 e. The van der Waals surface area contributed by atoms with Crippen LogP contribution >= 0.6 is 34.8 Å². The molecule has 2 aromatic rings. The normalized spacial score (nSPS) is 13.7. The van der Waals surface area contributed by atoms with Crippen molar-refractivity contribution in [3.63, 3.8) is 0 Å². The predicted molar refractivity (Wildman–Crippen MR) is 85.2 cm³/mol. The Morgan fingerprint density at radius 2 is 1.67 bits per heavy atom. The van der Waals surface area contributed by atoms with Gasteiger partial charge in [-0.2, -0.15) is 0 Å². The van der Waals surface area contributed by atoms with Crippen LogP contribution in [-0.4, -0.2) is 5.78 Å². The van der Waals surface area contributed by atoms with Gasteiger partial charge < -0.3 is 4.74 Å². The maximum Gasteiger partial charge on any atom is 0.202 e. The molecule has 0 aromatic heterocycles. The van der Waals surface area contributed by atoms with Gasteiger partial charge in [0.2, 0.25) is 5.78 Å². The molecule has 0 unspecified atom stereocenters. The van der Waals surface area contributed by atoms with Crippen LogP contribution < -0.4 is 4.74 Å². The fraction of sp³-hybridized carbons (Fsp3) is 0.0625. The van der Waals surface area contributed by atoms with E-state index in [2.05, 4.69) is 0 Å². The zero-order chi connectivity index (χ0) is 15.0. The maximum atomic E-state index is 12.1. The quantitative estimate of drug-likeness (QED) is 0.704. The van der Waals surface area contributed by atoms with Crippen molar-refractivity contribution >= 4 is 46.7 Å². The lowest BCUT2D eigenvalue weighted by molar-refractivity contribution is -0.116. The molecule has 0 saturated carbocycles. The highest BCUT2D eigenvalue weighted by atomic mass is 35.5. The molecule has 0 spiro atoms. The minimum Gasteiger partial charge on any atom is -0.452 e. The van der Waals surface area contributed by atoms with E-state index in [-0.39, 0.29) is 11.5 Å². The lowest BCUT2D eigenvalue weighted by Crippen LogP contribution is -2.16. The first kappa shape index (κ1) is 14.5. The van der Waals surface area contributed by atoms with E-state index in [1.165, 1.54) is 12.1 Å². The first-order valence-corrected chi connectivity index (χ1v) is 7.33. The molecule has 0 bridgehead atoms. The van der Waals surface area contributed by atoms with E-state index in [1.54, 1.807) is 6.08 Å². The summed E-state index contributed by atoms with van der Waals surface area (Å²) in [5.41, 5.74) is 1.94. The highest BCUT2D eigenvalue weighted by molar-refractivity contribution is 6.43. The molecule has 0 N–H and O–H groups in total. The van der Waals surface area contributed by atoms with E-state index in [9.17, 15) is 4.79 Å². The van der Waals surface area contributed by atoms with Crippen LogP contribution in [-0.2, 0) is 11.2 Å². The van der Waals surface area contributed by atoms with E-state index in [0.717, 1.165) is 11.1 Å². The summed E-state index contributed by atoms with van der Waals surface area (Å²) in [5, 5.41) is 0.959. The summed E-state index contributed by atoms with van der Waals surface area (Å²) in [5.74, 6) is 0.454. The summed E-state index contributed by atoms with van der Waals surface area (Å²) in [6.07, 6.45) is 2.01. The van der Waals surface area contributed by atoms with Crippen molar-refractivity contribution in [2.45, 2.75) is 6.42 Å². The van der Waals surface area contributed by atoms with E-state index >= 15 is 0 Å². The highest BCUT2D eigenvalue weighted by Gasteiger charge is 2.21. The summed E-state index contributed by atoms with van der Waals surface area (Å²) in [6.45, 7) is 0. The number of hydrogen-bond acceptors (Lipinski definition) is 2. The van der Waals surface area contributed by atoms with Gasteiger partial charge >= 0.3 is 0 Å². The third kappa shape index (κ3) is 2.93. The van der Waals surface area contributed by atoms with Gasteiger partial charge in [0, 0.05) is 12.5 Å². The zero-order valence-corrected chi connectivity index (χ0v) is 13.0. The summed E-state index contributed by atoms with van der Waals surface area (Å²) in [4.78, 5) is 12.1. The van der Waals surface area contributed by atoms with Gasteiger partial charge in [0.1, 0.15) is 5.75 Å². The van der Waals surface area contributed by atoms with Crippen molar-refractivity contribution in [2.24, 2.45) is 0 Å². The van der Waals surface area contributed by atoms with Crippen molar-refractivity contribution in [2.75, 3.05) is 0 Å². The van der Waals surface area contributed by atoms with Crippen LogP contribution in [0.15, 0.2) is 42.2 Å². The van der Waals surface area contributed by atoms with E-state index in [4.69, 9.17) is 39.5 Å². The molecule has 3 rings (SSSR count). The van der Waals surface area contributed by atoms with Gasteiger partial charge in [-0.1, -0.05) is 59.1 Å². The van der Waals surface area contributed by atoms with Crippen LogP contribution in [0, 0.1) is 0 Å². The zero-order valence-electron chi connectivity index (χ0n) is 10.7. The van der Waals surface area contributed by atoms with Crippen molar-refractivity contribution in [1.29, 1.82) is 0 Å². The van der Waals surface area contributed by atoms with E-state index in [0.29, 0.717) is 27.2 Å². The molecule has 1 aliphatic rings. The Hall–Kier alpha value is -1.48. The van der Waals surface area contributed by atoms with Gasteiger partial charge in [-0.15, -0.1) is 0 Å². The second-order valence-electron chi connectivity index (χ2n) is 4.61. The number of benzene rings is 2. The molecular formula is C16H9Cl3O2. The summed E-state index contributed by atoms with van der Waals surface area (Å²) in [7, 11) is 0. The number of carbonyl (C=O) groups excluding carboxylic acids is 1. The number of halogens is 3. The van der Waals surface area contributed by atoms with Crippen LogP contribution in [0.5, 0.6) is 5.75 Å². The van der Waals surface area contributed by atoms with Crippen molar-refractivity contribution in [3.8, 4) is 5.75 Å². The smallest absolute Gasteiger partial charge is 0.202 e. The van der Waals surface area contributed by atoms with Gasteiger partial charge in [-0.05, 0) is 23.3 Å². The molecule has 0 amide bonds. The molecule has 0 atom stereocenters. The standard InChI is InChI=1S/C16H9Cl3O2/c17-11-7-13(19)15(8-12(11)18)21-16-6-10-4-2-1-3-9(10)5-14(16)20/h1-4,6-8H,5H2. The number of carbonyl (C=O) groups is 1. The van der Waals surface area contributed by atoms with Crippen LogP contribution in [0.25, 0.3) is 6.08 Å². The lowest BCUT2D eigenvalue weighted by Gasteiger charge is -2.16. The maximum absolute atomic E-state index is 12.1. The van der Waals surface area contributed by atoms with Gasteiger partial charge in [0.15, 0.2) is 5.76 Å². The Morgan fingerprint density at radius 3 is 2.48 bits per heavy atom. The molecule has 21 heavy (non-hydrogen) atoms. The second-order valence-corrected chi connectivity index (χ2v) is 5.83. The first-order chi connectivity index (χ1) is 10.0. The number of ketones is 1. The minimum atomic E-state index is -0.101. The Bertz CT molecular complexity index is 766. The van der Waals surface area contributed by atoms with Crippen molar-refractivity contribution in [3.05, 3.63) is 68.4 Å². The SMILES string of the molecule is O=C1Cc2ccccc2C=C1Oc1cc(Cl)c(Cl)cc1Cl. The van der Waals surface area contributed by atoms with Crippen molar-refractivity contribution in [1.82, 2.24) is 0 Å². The van der Waals surface area contributed by atoms with Crippen LogP contribution in [0.1, 0.15) is 11.1 Å². The Kier molecular flexibility index (Phi) is 3.94. The molecule has 0 aliphatic heterocycles. The molecule has 0 heterocycles. The third-order valence-corrected chi connectivity index (χ3v) is 4.18. The summed E-state index contributed by atoms with van der Waals surface area (Å²) in [6, 6.07) is 10.7. The Labute approximate surface area is 136 Å². The molecule has 1 aliphatic carbocycles. The minimum absolute atomic E-state index is 0.101. The van der Waals surface area contributed by atoms with Crippen LogP contribution in [0.4, 0.5) is 0 Å². The Morgan fingerprint density at radius 1 is 0.952 bits per heavy atom. The monoisotopic (exact) mass is 338 g/mol. The predicted octanol–water partition coefficient (Wildman–Crippen LogP) is 5.19. The summed E-state index contributed by atoms with van der Waals surface area (Å²) < 4.78 is 5.63. The Balaban J connectivity index is 1.97. The number of ether oxygens (including phenoxy) is 1. The molecule has 0 fully saturated rings. The van der Waals surface area contributed by atoms with Crippen LogP contribution in [0.2, 0.25) is 15.1 Å². The fourth-order valence-electron chi connectivity index (χ4n) is 2.11. The molecule has 5 heteroatoms. The van der Waals surface area contributed by atoms with Gasteiger partial charge in [-0.3, -0.25) is 4.79 Å². The lowest BCUT2D eigenvalue weighted by atomic mass is 9.95. The molecule has 2 aromatic carbocycles. The van der Waals surface area contributed by atoms with Gasteiger partial charge in [0.25, 0.3) is 0 Å². The highest BCUT2D eigenvalue weighted by Crippen LogP contribution is 2.35.